The molecule has 1 saturated heterocycles. The van der Waals surface area contributed by atoms with Crippen molar-refractivity contribution in [3.05, 3.63) is 30.3 Å². The Hall–Kier alpha value is -2.90. The Morgan fingerprint density at radius 3 is 2.46 bits per heavy atom. The second-order valence-corrected chi connectivity index (χ2v) is 7.70. The topological polar surface area (TPSA) is 88.8 Å². The summed E-state index contributed by atoms with van der Waals surface area (Å²) in [5, 5.41) is 0. The SMILES string of the molecule is CC(C)(C)OC(=O)N1CCN(c2ncc(-c3ccc(CCC=O)o3)cn2)CC1. The van der Waals surface area contributed by atoms with Crippen molar-refractivity contribution >= 4 is 18.3 Å². The maximum absolute atomic E-state index is 12.2. The molecular weight excluding hydrogens is 360 g/mol. The van der Waals surface area contributed by atoms with Gasteiger partial charge in [-0.1, -0.05) is 0 Å². The van der Waals surface area contributed by atoms with Gasteiger partial charge in [0, 0.05) is 51.4 Å². The van der Waals surface area contributed by atoms with Crippen LogP contribution in [0, 0.1) is 0 Å². The third-order valence-electron chi connectivity index (χ3n) is 4.31. The van der Waals surface area contributed by atoms with Crippen LogP contribution in [0.15, 0.2) is 28.9 Å². The van der Waals surface area contributed by atoms with E-state index in [9.17, 15) is 9.59 Å². The summed E-state index contributed by atoms with van der Waals surface area (Å²) in [5.74, 6) is 2.08. The van der Waals surface area contributed by atoms with Crippen LogP contribution in [0.1, 0.15) is 33.0 Å². The zero-order chi connectivity index (χ0) is 20.1. The molecule has 0 spiro atoms. The van der Waals surface area contributed by atoms with E-state index in [4.69, 9.17) is 9.15 Å². The summed E-state index contributed by atoms with van der Waals surface area (Å²) in [5.41, 5.74) is 0.292. The number of amides is 1. The summed E-state index contributed by atoms with van der Waals surface area (Å²) in [6.45, 7) is 8.02. The lowest BCUT2D eigenvalue weighted by Gasteiger charge is -2.35. The molecule has 1 aliphatic heterocycles. The van der Waals surface area contributed by atoms with Gasteiger partial charge in [-0.25, -0.2) is 14.8 Å². The van der Waals surface area contributed by atoms with Crippen molar-refractivity contribution in [3.8, 4) is 11.3 Å². The maximum atomic E-state index is 12.2. The van der Waals surface area contributed by atoms with E-state index in [0.717, 1.165) is 17.6 Å². The predicted molar refractivity (Wildman–Crippen MR) is 104 cm³/mol. The second-order valence-electron chi connectivity index (χ2n) is 7.70. The second kappa shape index (κ2) is 8.41. The number of aryl methyl sites for hydroxylation is 1. The van der Waals surface area contributed by atoms with Crippen LogP contribution in [0.4, 0.5) is 10.7 Å². The Labute approximate surface area is 164 Å². The molecule has 0 N–H and O–H groups in total. The number of aldehydes is 1. The summed E-state index contributed by atoms with van der Waals surface area (Å²) < 4.78 is 11.1. The minimum Gasteiger partial charge on any atom is -0.461 e. The highest BCUT2D eigenvalue weighted by Gasteiger charge is 2.26. The van der Waals surface area contributed by atoms with E-state index in [1.54, 1.807) is 17.3 Å². The van der Waals surface area contributed by atoms with Crippen molar-refractivity contribution in [2.24, 2.45) is 0 Å². The number of aromatic nitrogens is 2. The predicted octanol–water partition coefficient (Wildman–Crippen LogP) is 2.93. The minimum atomic E-state index is -0.494. The van der Waals surface area contributed by atoms with Crippen LogP contribution in [0.25, 0.3) is 11.3 Å². The summed E-state index contributed by atoms with van der Waals surface area (Å²) >= 11 is 0. The quantitative estimate of drug-likeness (QED) is 0.730. The fourth-order valence-corrected chi connectivity index (χ4v) is 2.90. The number of hydrogen-bond acceptors (Lipinski definition) is 7. The highest BCUT2D eigenvalue weighted by Crippen LogP contribution is 2.23. The first-order valence-electron chi connectivity index (χ1n) is 9.43. The molecule has 0 saturated carbocycles. The Morgan fingerprint density at radius 1 is 1.18 bits per heavy atom. The fraction of sp³-hybridized carbons (Fsp3) is 0.500. The first kappa shape index (κ1) is 19.9. The standard InChI is InChI=1S/C20H26N4O4/c1-20(2,3)28-19(26)24-10-8-23(9-11-24)18-21-13-15(14-22-18)17-7-6-16(27-17)5-4-12-25/h6-7,12-14H,4-5,8-11H2,1-3H3. The van der Waals surface area contributed by atoms with Crippen LogP contribution in [-0.4, -0.2) is 59.0 Å². The summed E-state index contributed by atoms with van der Waals surface area (Å²) in [4.78, 5) is 35.3. The summed E-state index contributed by atoms with van der Waals surface area (Å²) in [6, 6.07) is 3.72. The number of furan rings is 1. The van der Waals surface area contributed by atoms with Gasteiger partial charge in [0.15, 0.2) is 0 Å². The molecule has 0 aromatic carbocycles. The minimum absolute atomic E-state index is 0.286. The number of rotatable bonds is 5. The maximum Gasteiger partial charge on any atom is 0.410 e. The number of anilines is 1. The van der Waals surface area contributed by atoms with Crippen LogP contribution in [0.2, 0.25) is 0 Å². The number of carbonyl (C=O) groups excluding carboxylic acids is 2. The molecule has 2 aromatic heterocycles. The van der Waals surface area contributed by atoms with Gasteiger partial charge < -0.3 is 23.7 Å². The first-order valence-corrected chi connectivity index (χ1v) is 9.43. The summed E-state index contributed by atoms with van der Waals surface area (Å²) in [6.07, 6.45) is 5.08. The number of piperazine rings is 1. The number of carbonyl (C=O) groups is 2. The molecular formula is C20H26N4O4. The molecule has 1 fully saturated rings. The van der Waals surface area contributed by atoms with Gasteiger partial charge in [-0.05, 0) is 32.9 Å². The first-order chi connectivity index (χ1) is 13.4. The van der Waals surface area contributed by atoms with Crippen LogP contribution in [0.5, 0.6) is 0 Å². The third-order valence-corrected chi connectivity index (χ3v) is 4.31. The van der Waals surface area contributed by atoms with Gasteiger partial charge in [-0.15, -0.1) is 0 Å². The molecule has 28 heavy (non-hydrogen) atoms. The molecule has 0 bridgehead atoms. The third kappa shape index (κ3) is 5.09. The van der Waals surface area contributed by atoms with E-state index < -0.39 is 5.60 Å². The van der Waals surface area contributed by atoms with Crippen molar-refractivity contribution in [1.82, 2.24) is 14.9 Å². The van der Waals surface area contributed by atoms with E-state index in [1.165, 1.54) is 0 Å². The van der Waals surface area contributed by atoms with Gasteiger partial charge in [0.25, 0.3) is 0 Å². The van der Waals surface area contributed by atoms with Gasteiger partial charge in [0.2, 0.25) is 5.95 Å². The molecule has 0 radical (unpaired) electrons. The van der Waals surface area contributed by atoms with E-state index in [2.05, 4.69) is 9.97 Å². The highest BCUT2D eigenvalue weighted by molar-refractivity contribution is 5.68. The fourth-order valence-electron chi connectivity index (χ4n) is 2.90. The van der Waals surface area contributed by atoms with Crippen LogP contribution in [0.3, 0.4) is 0 Å². The molecule has 3 rings (SSSR count). The lowest BCUT2D eigenvalue weighted by atomic mass is 10.2. The number of nitrogens with zero attached hydrogens (tertiary/aromatic N) is 4. The molecule has 8 heteroatoms. The van der Waals surface area contributed by atoms with Crippen molar-refractivity contribution in [2.75, 3.05) is 31.1 Å². The zero-order valence-corrected chi connectivity index (χ0v) is 16.6. The highest BCUT2D eigenvalue weighted by atomic mass is 16.6. The van der Waals surface area contributed by atoms with Crippen molar-refractivity contribution in [3.63, 3.8) is 0 Å². The zero-order valence-electron chi connectivity index (χ0n) is 16.6. The average Bonchev–Trinajstić information content (AvgIpc) is 3.14. The van der Waals surface area contributed by atoms with Crippen LogP contribution < -0.4 is 4.90 Å². The van der Waals surface area contributed by atoms with Crippen LogP contribution in [-0.2, 0) is 16.0 Å². The molecule has 150 valence electrons. The van der Waals surface area contributed by atoms with E-state index in [-0.39, 0.29) is 6.09 Å². The Morgan fingerprint density at radius 2 is 1.86 bits per heavy atom. The molecule has 1 amide bonds. The lowest BCUT2D eigenvalue weighted by molar-refractivity contribution is -0.107. The molecule has 1 aliphatic rings. The molecule has 3 heterocycles. The van der Waals surface area contributed by atoms with Gasteiger partial charge in [-0.2, -0.15) is 0 Å². The Bertz CT molecular complexity index is 802. The lowest BCUT2D eigenvalue weighted by Crippen LogP contribution is -2.50. The van der Waals surface area contributed by atoms with Crippen molar-refractivity contribution in [1.29, 1.82) is 0 Å². The summed E-state index contributed by atoms with van der Waals surface area (Å²) in [7, 11) is 0. The van der Waals surface area contributed by atoms with Gasteiger partial charge in [-0.3, -0.25) is 0 Å². The monoisotopic (exact) mass is 386 g/mol. The molecule has 0 unspecified atom stereocenters. The van der Waals surface area contributed by atoms with Gasteiger partial charge in [0.1, 0.15) is 23.4 Å². The number of ether oxygens (including phenoxy) is 1. The van der Waals surface area contributed by atoms with E-state index in [0.29, 0.717) is 50.7 Å². The van der Waals surface area contributed by atoms with E-state index >= 15 is 0 Å². The van der Waals surface area contributed by atoms with Crippen LogP contribution >= 0.6 is 0 Å². The molecule has 0 atom stereocenters. The Balaban J connectivity index is 1.57. The molecule has 0 aliphatic carbocycles. The normalized spacial score (nSPS) is 14.8. The Kier molecular flexibility index (Phi) is 5.96. The van der Waals surface area contributed by atoms with Gasteiger partial charge >= 0.3 is 6.09 Å². The number of hydrogen-bond donors (Lipinski definition) is 0. The van der Waals surface area contributed by atoms with Crippen molar-refractivity contribution < 1.29 is 18.7 Å². The van der Waals surface area contributed by atoms with E-state index in [1.807, 2.05) is 37.8 Å². The average molecular weight is 386 g/mol. The molecule has 2 aromatic rings. The largest absolute Gasteiger partial charge is 0.461 e. The smallest absolute Gasteiger partial charge is 0.410 e. The van der Waals surface area contributed by atoms with Crippen molar-refractivity contribution in [2.45, 2.75) is 39.2 Å². The molecule has 8 nitrogen and oxygen atoms in total. The van der Waals surface area contributed by atoms with Gasteiger partial charge in [0.05, 0.1) is 5.56 Å².